The molecule has 4 heterocycles. The number of nitrogens with zero attached hydrogens (tertiary/aromatic N) is 6. The fraction of sp³-hybridized carbons (Fsp3) is 0.250. The molecular weight excluding hydrogens is 482 g/mol. The molecule has 0 saturated carbocycles. The predicted octanol–water partition coefficient (Wildman–Crippen LogP) is 6.04. The molecule has 7 heteroatoms. The Morgan fingerprint density at radius 3 is 2.31 bits per heavy atom. The Balaban J connectivity index is 1.11. The highest BCUT2D eigenvalue weighted by atomic mass is 15.2. The fourth-order valence-corrected chi connectivity index (χ4v) is 5.27. The van der Waals surface area contributed by atoms with Crippen molar-refractivity contribution in [2.45, 2.75) is 25.3 Å². The van der Waals surface area contributed by atoms with E-state index in [1.165, 1.54) is 11.3 Å². The first-order valence-corrected chi connectivity index (χ1v) is 13.5. The van der Waals surface area contributed by atoms with Crippen LogP contribution in [-0.2, 0) is 6.54 Å². The van der Waals surface area contributed by atoms with Crippen LogP contribution in [0.25, 0.3) is 33.8 Å². The Morgan fingerprint density at radius 2 is 1.59 bits per heavy atom. The number of nitrogens with one attached hydrogen (secondary N) is 1. The third kappa shape index (κ3) is 5.59. The summed E-state index contributed by atoms with van der Waals surface area (Å²) < 4.78 is 0. The molecule has 1 aliphatic heterocycles. The minimum absolute atomic E-state index is 0.508. The number of H-pyrrole nitrogens is 1. The van der Waals surface area contributed by atoms with Gasteiger partial charge in [-0.2, -0.15) is 5.10 Å². The van der Waals surface area contributed by atoms with Crippen LogP contribution < -0.4 is 4.90 Å². The van der Waals surface area contributed by atoms with Gasteiger partial charge in [-0.05, 0) is 61.3 Å². The van der Waals surface area contributed by atoms with Gasteiger partial charge >= 0.3 is 0 Å². The van der Waals surface area contributed by atoms with Crippen LogP contribution in [0.4, 0.5) is 5.82 Å². The van der Waals surface area contributed by atoms with E-state index in [9.17, 15) is 0 Å². The Labute approximate surface area is 229 Å². The van der Waals surface area contributed by atoms with Crippen molar-refractivity contribution in [3.63, 3.8) is 0 Å². The van der Waals surface area contributed by atoms with E-state index in [1.807, 2.05) is 49.5 Å². The molecule has 39 heavy (non-hydrogen) atoms. The molecule has 1 fully saturated rings. The normalized spacial score (nSPS) is 14.4. The van der Waals surface area contributed by atoms with E-state index in [0.29, 0.717) is 5.92 Å². The van der Waals surface area contributed by atoms with Crippen molar-refractivity contribution in [2.24, 2.45) is 0 Å². The van der Waals surface area contributed by atoms with Crippen LogP contribution in [0.3, 0.4) is 0 Å². The number of anilines is 1. The molecule has 0 radical (unpaired) electrons. The maximum atomic E-state index is 4.64. The third-order valence-electron chi connectivity index (χ3n) is 7.51. The quantitative estimate of drug-likeness (QED) is 0.285. The smallest absolute Gasteiger partial charge is 0.151 e. The summed E-state index contributed by atoms with van der Waals surface area (Å²) in [4.78, 5) is 8.95. The summed E-state index contributed by atoms with van der Waals surface area (Å²) in [5, 5.41) is 16.9. The van der Waals surface area contributed by atoms with Gasteiger partial charge in [-0.15, -0.1) is 10.2 Å². The van der Waals surface area contributed by atoms with Crippen molar-refractivity contribution in [1.82, 2.24) is 30.3 Å². The van der Waals surface area contributed by atoms with E-state index in [1.54, 1.807) is 0 Å². The topological polar surface area (TPSA) is 73.8 Å². The van der Waals surface area contributed by atoms with E-state index in [-0.39, 0.29) is 0 Å². The zero-order valence-electron chi connectivity index (χ0n) is 22.5. The number of aromatic nitrogens is 5. The highest BCUT2D eigenvalue weighted by Crippen LogP contribution is 2.33. The molecule has 0 atom stereocenters. The first kappa shape index (κ1) is 24.9. The molecule has 1 N–H and O–H groups in total. The number of likely N-dealkylation sites (tertiary alicyclic amines) is 1. The van der Waals surface area contributed by atoms with Crippen LogP contribution in [0.5, 0.6) is 0 Å². The van der Waals surface area contributed by atoms with E-state index in [2.05, 4.69) is 90.9 Å². The van der Waals surface area contributed by atoms with Crippen LogP contribution in [0.15, 0.2) is 91.1 Å². The van der Waals surface area contributed by atoms with Gasteiger partial charge in [-0.1, -0.05) is 60.7 Å². The molecule has 6 rings (SSSR count). The molecule has 1 aliphatic rings. The molecule has 5 aromatic rings. The number of rotatable bonds is 7. The van der Waals surface area contributed by atoms with Gasteiger partial charge in [-0.25, -0.2) is 0 Å². The number of hydrogen-bond donors (Lipinski definition) is 1. The van der Waals surface area contributed by atoms with Gasteiger partial charge in [0.25, 0.3) is 0 Å². The third-order valence-corrected chi connectivity index (χ3v) is 7.51. The van der Waals surface area contributed by atoms with Gasteiger partial charge in [-0.3, -0.25) is 15.0 Å². The largest absolute Gasteiger partial charge is 0.361 e. The van der Waals surface area contributed by atoms with Crippen molar-refractivity contribution in [1.29, 1.82) is 0 Å². The van der Waals surface area contributed by atoms with E-state index in [4.69, 9.17) is 0 Å². The lowest BCUT2D eigenvalue weighted by Crippen LogP contribution is -2.32. The van der Waals surface area contributed by atoms with Crippen molar-refractivity contribution in [2.75, 3.05) is 32.1 Å². The number of benzene rings is 2. The lowest BCUT2D eigenvalue weighted by molar-refractivity contribution is 0.203. The summed E-state index contributed by atoms with van der Waals surface area (Å²) in [6, 6.07) is 29.4. The molecule has 3 aromatic heterocycles. The summed E-state index contributed by atoms with van der Waals surface area (Å²) in [7, 11) is 3.98. The monoisotopic (exact) mass is 515 g/mol. The molecule has 1 saturated heterocycles. The van der Waals surface area contributed by atoms with Gasteiger partial charge in [0.1, 0.15) is 11.4 Å². The second-order valence-corrected chi connectivity index (χ2v) is 10.4. The Morgan fingerprint density at radius 1 is 0.821 bits per heavy atom. The second kappa shape index (κ2) is 11.2. The molecule has 7 nitrogen and oxygen atoms in total. The van der Waals surface area contributed by atoms with Crippen LogP contribution in [0.2, 0.25) is 0 Å². The minimum Gasteiger partial charge on any atom is -0.361 e. The maximum absolute atomic E-state index is 4.64. The molecule has 0 amide bonds. The van der Waals surface area contributed by atoms with Gasteiger partial charge in [0, 0.05) is 49.6 Å². The zero-order valence-corrected chi connectivity index (χ0v) is 22.5. The van der Waals surface area contributed by atoms with Crippen molar-refractivity contribution < 1.29 is 0 Å². The van der Waals surface area contributed by atoms with Gasteiger partial charge in [0.2, 0.25) is 0 Å². The maximum Gasteiger partial charge on any atom is 0.151 e. The molecule has 0 bridgehead atoms. The number of hydrogen-bond acceptors (Lipinski definition) is 6. The Hall–Kier alpha value is -4.36. The number of pyridine rings is 1. The van der Waals surface area contributed by atoms with Gasteiger partial charge < -0.3 is 4.90 Å². The Bertz CT molecular complexity index is 1500. The lowest BCUT2D eigenvalue weighted by Gasteiger charge is -2.31. The average Bonchev–Trinajstić information content (AvgIpc) is 3.49. The average molecular weight is 516 g/mol. The molecule has 0 aliphatic carbocycles. The molecular formula is C32H33N7. The van der Waals surface area contributed by atoms with Crippen LogP contribution in [0.1, 0.15) is 30.0 Å². The van der Waals surface area contributed by atoms with Gasteiger partial charge in [0.15, 0.2) is 5.82 Å². The first-order chi connectivity index (χ1) is 19.1. The fourth-order valence-electron chi connectivity index (χ4n) is 5.27. The highest BCUT2D eigenvalue weighted by Gasteiger charge is 2.23. The van der Waals surface area contributed by atoms with Crippen LogP contribution in [0, 0.1) is 0 Å². The molecule has 196 valence electrons. The molecule has 0 unspecified atom stereocenters. The second-order valence-electron chi connectivity index (χ2n) is 10.4. The van der Waals surface area contributed by atoms with Crippen LogP contribution in [-0.4, -0.2) is 57.5 Å². The molecule has 2 aromatic carbocycles. The summed E-state index contributed by atoms with van der Waals surface area (Å²) in [6.45, 7) is 3.09. The summed E-state index contributed by atoms with van der Waals surface area (Å²) in [5.41, 5.74) is 8.59. The number of piperidine rings is 1. The van der Waals surface area contributed by atoms with Crippen molar-refractivity contribution in [3.8, 4) is 33.8 Å². The standard InChI is InChI=1S/C32H33N7/c1-38(2)31-20-27(24-8-4-3-5-9-24)32(37-36-31)26-13-11-23(12-14-26)22-39-18-15-25(16-19-39)29-21-30(35-34-29)28-10-6-7-17-33-28/h3-14,17,20-21,25H,15-16,18-19,22H2,1-2H3,(H,34,35). The summed E-state index contributed by atoms with van der Waals surface area (Å²) in [6.07, 6.45) is 4.05. The van der Waals surface area contributed by atoms with Crippen LogP contribution >= 0.6 is 0 Å². The minimum atomic E-state index is 0.508. The lowest BCUT2D eigenvalue weighted by atomic mass is 9.93. The number of aromatic amines is 1. The zero-order chi connectivity index (χ0) is 26.6. The summed E-state index contributed by atoms with van der Waals surface area (Å²) in [5.74, 6) is 1.36. The van der Waals surface area contributed by atoms with E-state index >= 15 is 0 Å². The van der Waals surface area contributed by atoms with Crippen molar-refractivity contribution in [3.05, 3.63) is 102 Å². The highest BCUT2D eigenvalue weighted by molar-refractivity contribution is 5.82. The summed E-state index contributed by atoms with van der Waals surface area (Å²) >= 11 is 0. The van der Waals surface area contributed by atoms with Gasteiger partial charge in [0.05, 0.1) is 5.69 Å². The first-order valence-electron chi connectivity index (χ1n) is 13.5. The molecule has 0 spiro atoms. The van der Waals surface area contributed by atoms with Crippen molar-refractivity contribution >= 4 is 5.82 Å². The van der Waals surface area contributed by atoms with E-state index in [0.717, 1.165) is 72.1 Å². The predicted molar refractivity (Wildman–Crippen MR) is 156 cm³/mol. The van der Waals surface area contributed by atoms with E-state index < -0.39 is 0 Å². The Kier molecular flexibility index (Phi) is 7.15. The SMILES string of the molecule is CN(C)c1cc(-c2ccccc2)c(-c2ccc(CN3CCC(c4cc(-c5ccccn5)n[nH]4)CC3)cc2)nn1.